The molecule has 126 valence electrons. The van der Waals surface area contributed by atoms with Gasteiger partial charge in [0.2, 0.25) is 0 Å². The molecule has 0 amide bonds. The molecule has 3 heteroatoms. The molecule has 3 atom stereocenters. The highest BCUT2D eigenvalue weighted by atomic mass is 31.2. The number of hydrogen-bond donors (Lipinski definition) is 1. The predicted molar refractivity (Wildman–Crippen MR) is 102 cm³/mol. The van der Waals surface area contributed by atoms with Crippen molar-refractivity contribution in [3.63, 3.8) is 0 Å². The third-order valence-electron chi connectivity index (χ3n) is 5.16. The summed E-state index contributed by atoms with van der Waals surface area (Å²) in [4.78, 5) is 0. The Balaban J connectivity index is 2.13. The van der Waals surface area contributed by atoms with Crippen molar-refractivity contribution in [1.82, 2.24) is 0 Å². The third kappa shape index (κ3) is 3.14. The van der Waals surface area contributed by atoms with Crippen molar-refractivity contribution in [1.29, 1.82) is 0 Å². The van der Waals surface area contributed by atoms with E-state index in [1.807, 2.05) is 66.7 Å². The van der Waals surface area contributed by atoms with Crippen molar-refractivity contribution < 1.29 is 9.67 Å². The van der Waals surface area contributed by atoms with Gasteiger partial charge in [-0.2, -0.15) is 0 Å². The first-order valence-corrected chi connectivity index (χ1v) is 10.5. The average Bonchev–Trinajstić information content (AvgIpc) is 2.65. The molecule has 0 heterocycles. The molecular formula is C21H25O2P. The van der Waals surface area contributed by atoms with E-state index < -0.39 is 13.2 Å². The van der Waals surface area contributed by atoms with Crippen molar-refractivity contribution in [2.24, 2.45) is 5.92 Å². The first kappa shape index (κ1) is 17.2. The molecule has 0 spiro atoms. The molecule has 2 aromatic rings. The van der Waals surface area contributed by atoms with Crippen LogP contribution in [-0.4, -0.2) is 16.9 Å². The lowest BCUT2D eigenvalue weighted by Crippen LogP contribution is -2.38. The lowest BCUT2D eigenvalue weighted by molar-refractivity contribution is 0.0728. The van der Waals surface area contributed by atoms with E-state index in [9.17, 15) is 9.67 Å². The second-order valence-corrected chi connectivity index (χ2v) is 9.52. The van der Waals surface area contributed by atoms with Gasteiger partial charge in [0, 0.05) is 16.3 Å². The Labute approximate surface area is 144 Å². The molecule has 2 aromatic carbocycles. The first-order valence-electron chi connectivity index (χ1n) is 8.69. The molecule has 3 rings (SSSR count). The van der Waals surface area contributed by atoms with Gasteiger partial charge in [-0.3, -0.25) is 0 Å². The molecule has 0 bridgehead atoms. The van der Waals surface area contributed by atoms with E-state index in [-0.39, 0.29) is 11.6 Å². The number of allylic oxidation sites excluding steroid dienone is 1. The number of hydrogen-bond acceptors (Lipinski definition) is 2. The van der Waals surface area contributed by atoms with E-state index in [0.29, 0.717) is 0 Å². The molecular weight excluding hydrogens is 315 g/mol. The first-order chi connectivity index (χ1) is 11.7. The third-order valence-corrected chi connectivity index (χ3v) is 8.73. The summed E-state index contributed by atoms with van der Waals surface area (Å²) < 4.78 is 14.4. The lowest BCUT2D eigenvalue weighted by atomic mass is 9.84. The fourth-order valence-corrected chi connectivity index (χ4v) is 7.32. The maximum Gasteiger partial charge on any atom is 0.150 e. The average molecular weight is 340 g/mol. The molecule has 2 nitrogen and oxygen atoms in total. The fourth-order valence-electron chi connectivity index (χ4n) is 3.92. The molecule has 1 aliphatic carbocycles. The SMILES string of the molecule is C=CC(C1CCCCC1O)P(=O)(c1ccccc1)c1ccccc1. The van der Waals surface area contributed by atoms with Crippen LogP contribution in [0.25, 0.3) is 0 Å². The van der Waals surface area contributed by atoms with Gasteiger partial charge in [-0.25, -0.2) is 0 Å². The van der Waals surface area contributed by atoms with Crippen LogP contribution in [0.3, 0.4) is 0 Å². The maximum absolute atomic E-state index is 14.4. The highest BCUT2D eigenvalue weighted by molar-refractivity contribution is 7.79. The Morgan fingerprint density at radius 2 is 1.46 bits per heavy atom. The standard InChI is InChI=1S/C21H25O2P/c1-2-21(19-15-9-10-16-20(19)22)24(23,17-11-5-3-6-12-17)18-13-7-4-8-14-18/h2-8,11-14,19-22H,1,9-10,15-16H2. The minimum atomic E-state index is -2.92. The Morgan fingerprint density at radius 1 is 0.958 bits per heavy atom. The second kappa shape index (κ2) is 7.51. The zero-order chi connectivity index (χ0) is 17.0. The van der Waals surface area contributed by atoms with E-state index in [2.05, 4.69) is 6.58 Å². The Morgan fingerprint density at radius 3 is 1.92 bits per heavy atom. The van der Waals surface area contributed by atoms with Gasteiger partial charge < -0.3 is 9.67 Å². The smallest absolute Gasteiger partial charge is 0.150 e. The van der Waals surface area contributed by atoms with Crippen LogP contribution < -0.4 is 10.6 Å². The summed E-state index contributed by atoms with van der Waals surface area (Å²) >= 11 is 0. The van der Waals surface area contributed by atoms with Gasteiger partial charge >= 0.3 is 0 Å². The van der Waals surface area contributed by atoms with Gasteiger partial charge in [0.05, 0.1) is 6.10 Å². The summed E-state index contributed by atoms with van der Waals surface area (Å²) in [5.41, 5.74) is -0.238. The second-order valence-electron chi connectivity index (χ2n) is 6.57. The number of benzene rings is 2. The minimum Gasteiger partial charge on any atom is -0.393 e. The Bertz CT molecular complexity index is 668. The van der Waals surface area contributed by atoms with Gasteiger partial charge in [0.25, 0.3) is 0 Å². The zero-order valence-corrected chi connectivity index (χ0v) is 14.8. The molecule has 3 unspecified atom stereocenters. The van der Waals surface area contributed by atoms with Crippen molar-refractivity contribution in [2.45, 2.75) is 37.4 Å². The van der Waals surface area contributed by atoms with E-state index in [1.54, 1.807) is 0 Å². The molecule has 0 aliphatic heterocycles. The van der Waals surface area contributed by atoms with Crippen LogP contribution in [0.5, 0.6) is 0 Å². The van der Waals surface area contributed by atoms with Crippen molar-refractivity contribution in [3.8, 4) is 0 Å². The van der Waals surface area contributed by atoms with Gasteiger partial charge in [-0.15, -0.1) is 6.58 Å². The van der Waals surface area contributed by atoms with Crippen molar-refractivity contribution >= 4 is 17.8 Å². The van der Waals surface area contributed by atoms with Gasteiger partial charge in [-0.1, -0.05) is 79.6 Å². The lowest BCUT2D eigenvalue weighted by Gasteiger charge is -2.37. The highest BCUT2D eigenvalue weighted by Crippen LogP contribution is 2.54. The van der Waals surface area contributed by atoms with Crippen molar-refractivity contribution in [2.75, 3.05) is 0 Å². The molecule has 1 fully saturated rings. The summed E-state index contributed by atoms with van der Waals surface area (Å²) in [5.74, 6) is 0.00231. The molecule has 0 radical (unpaired) electrons. The fraction of sp³-hybridized carbons (Fsp3) is 0.333. The van der Waals surface area contributed by atoms with E-state index >= 15 is 0 Å². The normalized spacial score (nSPS) is 22.7. The van der Waals surface area contributed by atoms with Crippen LogP contribution in [0.1, 0.15) is 25.7 Å². The monoisotopic (exact) mass is 340 g/mol. The molecule has 1 N–H and O–H groups in total. The minimum absolute atomic E-state index is 0.00231. The number of rotatable bonds is 5. The van der Waals surface area contributed by atoms with Crippen LogP contribution in [0.2, 0.25) is 0 Å². The number of aliphatic hydroxyl groups is 1. The number of aliphatic hydroxyl groups excluding tert-OH is 1. The largest absolute Gasteiger partial charge is 0.393 e. The van der Waals surface area contributed by atoms with Crippen LogP contribution in [-0.2, 0) is 4.57 Å². The summed E-state index contributed by atoms with van der Waals surface area (Å²) in [7, 11) is -2.92. The molecule has 24 heavy (non-hydrogen) atoms. The predicted octanol–water partition coefficient (Wildman–Crippen LogP) is 4.11. The Kier molecular flexibility index (Phi) is 5.38. The van der Waals surface area contributed by atoms with Gasteiger partial charge in [0.1, 0.15) is 7.14 Å². The summed E-state index contributed by atoms with van der Waals surface area (Å²) in [6.45, 7) is 4.00. The quantitative estimate of drug-likeness (QED) is 0.657. The van der Waals surface area contributed by atoms with Crippen LogP contribution in [0, 0.1) is 5.92 Å². The maximum atomic E-state index is 14.4. The van der Waals surface area contributed by atoms with E-state index in [1.165, 1.54) is 0 Å². The van der Waals surface area contributed by atoms with Crippen molar-refractivity contribution in [3.05, 3.63) is 73.3 Å². The Hall–Kier alpha value is -1.63. The molecule has 1 aliphatic rings. The topological polar surface area (TPSA) is 37.3 Å². The molecule has 0 saturated heterocycles. The summed E-state index contributed by atoms with van der Waals surface area (Å²) in [5, 5.41) is 12.3. The van der Waals surface area contributed by atoms with E-state index in [4.69, 9.17) is 0 Å². The summed E-state index contributed by atoms with van der Waals surface area (Å²) in [6, 6.07) is 19.4. The summed E-state index contributed by atoms with van der Waals surface area (Å²) in [6.07, 6.45) is 5.24. The highest BCUT2D eigenvalue weighted by Gasteiger charge is 2.42. The van der Waals surface area contributed by atoms with Crippen LogP contribution in [0.4, 0.5) is 0 Å². The van der Waals surface area contributed by atoms with Gasteiger partial charge in [0.15, 0.2) is 0 Å². The van der Waals surface area contributed by atoms with Gasteiger partial charge in [-0.05, 0) is 18.8 Å². The molecule has 0 aromatic heterocycles. The van der Waals surface area contributed by atoms with Crippen LogP contribution >= 0.6 is 7.14 Å². The molecule has 1 saturated carbocycles. The van der Waals surface area contributed by atoms with Crippen LogP contribution in [0.15, 0.2) is 73.3 Å². The van der Waals surface area contributed by atoms with E-state index in [0.717, 1.165) is 36.3 Å². The zero-order valence-electron chi connectivity index (χ0n) is 13.9.